The van der Waals surface area contributed by atoms with Crippen LogP contribution in [-0.2, 0) is 32.8 Å². The van der Waals surface area contributed by atoms with E-state index < -0.39 is 20.2 Å². The second-order valence-electron chi connectivity index (χ2n) is 12.4. The van der Waals surface area contributed by atoms with Gasteiger partial charge in [-0.2, -0.15) is 0 Å². The Kier molecular flexibility index (Phi) is 12.3. The molecular weight excluding hydrogens is 480 g/mol. The van der Waals surface area contributed by atoms with Crippen LogP contribution in [-0.4, -0.2) is 91.1 Å². The van der Waals surface area contributed by atoms with Crippen LogP contribution in [0.25, 0.3) is 0 Å². The number of aliphatic hydroxyl groups is 1. The van der Waals surface area contributed by atoms with Gasteiger partial charge in [-0.1, -0.05) is 41.5 Å². The number of ether oxygens (including phenoxy) is 6. The molecule has 8 atom stereocenters. The molecule has 2 saturated heterocycles. The first-order chi connectivity index (χ1) is 16.8. The van der Waals surface area contributed by atoms with Crippen molar-refractivity contribution in [2.45, 2.75) is 109 Å². The van der Waals surface area contributed by atoms with E-state index in [0.717, 1.165) is 0 Å². The third kappa shape index (κ3) is 8.45. The summed E-state index contributed by atoms with van der Waals surface area (Å²) in [7, 11) is 1.57. The van der Waals surface area contributed by atoms with E-state index in [9.17, 15) is 5.11 Å². The maximum absolute atomic E-state index is 10.0. The van der Waals surface area contributed by atoms with Crippen molar-refractivity contribution in [3.05, 3.63) is 0 Å². The summed E-state index contributed by atoms with van der Waals surface area (Å²) >= 11 is 0. The Morgan fingerprint density at radius 3 is 2.39 bits per heavy atom. The molecule has 2 aliphatic rings. The molecule has 8 nitrogen and oxygen atoms in total. The molecule has 2 rings (SSSR count). The second-order valence-corrected chi connectivity index (χ2v) is 17.2. The molecule has 2 aliphatic heterocycles. The van der Waals surface area contributed by atoms with Crippen molar-refractivity contribution in [1.82, 2.24) is 0 Å². The smallest absolute Gasteiger partial charge is 0.191 e. The molecule has 0 aromatic rings. The summed E-state index contributed by atoms with van der Waals surface area (Å²) in [6.07, 6.45) is 1.15. The molecule has 36 heavy (non-hydrogen) atoms. The van der Waals surface area contributed by atoms with E-state index in [1.807, 2.05) is 0 Å². The van der Waals surface area contributed by atoms with Crippen LogP contribution in [0.4, 0.5) is 0 Å². The molecule has 0 aliphatic carbocycles. The predicted octanol–water partition coefficient (Wildman–Crippen LogP) is 4.59. The zero-order valence-corrected chi connectivity index (χ0v) is 25.5. The van der Waals surface area contributed by atoms with E-state index in [1.165, 1.54) is 0 Å². The lowest BCUT2D eigenvalue weighted by Gasteiger charge is -2.52. The van der Waals surface area contributed by atoms with E-state index in [0.29, 0.717) is 39.1 Å². The topological polar surface area (TPSA) is 84.8 Å². The van der Waals surface area contributed by atoms with Gasteiger partial charge in [0.25, 0.3) is 0 Å². The van der Waals surface area contributed by atoms with Crippen LogP contribution in [0.1, 0.15) is 60.8 Å². The molecule has 2 fully saturated rings. The average molecular weight is 535 g/mol. The highest BCUT2D eigenvalue weighted by Gasteiger charge is 2.51. The second kappa shape index (κ2) is 13.8. The molecule has 0 aromatic heterocycles. The third-order valence-electron chi connectivity index (χ3n) is 8.54. The van der Waals surface area contributed by atoms with Gasteiger partial charge in [0.05, 0.1) is 44.2 Å². The summed E-state index contributed by atoms with van der Waals surface area (Å²) in [4.78, 5) is 0. The van der Waals surface area contributed by atoms with Crippen LogP contribution in [0.3, 0.4) is 0 Å². The lowest BCUT2D eigenvalue weighted by atomic mass is 9.77. The largest absolute Gasteiger partial charge is 0.416 e. The van der Waals surface area contributed by atoms with Gasteiger partial charge in [0, 0.05) is 51.4 Å². The molecule has 0 radical (unpaired) electrons. The lowest BCUT2D eigenvalue weighted by molar-refractivity contribution is -0.347. The van der Waals surface area contributed by atoms with E-state index in [4.69, 9.17) is 32.8 Å². The Morgan fingerprint density at radius 1 is 1.14 bits per heavy atom. The summed E-state index contributed by atoms with van der Waals surface area (Å²) in [6, 6.07) is 0. The van der Waals surface area contributed by atoms with Crippen molar-refractivity contribution >= 4 is 8.32 Å². The molecule has 0 saturated carbocycles. The van der Waals surface area contributed by atoms with E-state index in [1.54, 1.807) is 14.2 Å². The average Bonchev–Trinajstić information content (AvgIpc) is 2.81. The van der Waals surface area contributed by atoms with Crippen LogP contribution in [0.15, 0.2) is 0 Å². The maximum atomic E-state index is 10.0. The van der Waals surface area contributed by atoms with Gasteiger partial charge in [0.15, 0.2) is 14.1 Å². The first-order valence-corrected chi connectivity index (χ1v) is 16.5. The summed E-state index contributed by atoms with van der Waals surface area (Å²) in [5.74, 6) is -0.380. The minimum absolute atomic E-state index is 0.0508. The van der Waals surface area contributed by atoms with Gasteiger partial charge >= 0.3 is 0 Å². The van der Waals surface area contributed by atoms with Gasteiger partial charge in [-0.25, -0.2) is 0 Å². The first kappa shape index (κ1) is 32.1. The molecule has 1 spiro atoms. The first-order valence-electron chi connectivity index (χ1n) is 13.6. The van der Waals surface area contributed by atoms with Crippen LogP contribution in [0, 0.1) is 17.8 Å². The normalized spacial score (nSPS) is 32.4. The van der Waals surface area contributed by atoms with Crippen LogP contribution < -0.4 is 0 Å². The van der Waals surface area contributed by atoms with Crippen LogP contribution >= 0.6 is 0 Å². The van der Waals surface area contributed by atoms with Crippen LogP contribution in [0.2, 0.25) is 18.1 Å². The number of methoxy groups -OCH3 is 2. The Balaban J connectivity index is 2.14. The number of hydrogen-bond donors (Lipinski definition) is 1. The van der Waals surface area contributed by atoms with Crippen molar-refractivity contribution in [3.8, 4) is 0 Å². The molecule has 0 amide bonds. The summed E-state index contributed by atoms with van der Waals surface area (Å²) in [5, 5.41) is 10.2. The van der Waals surface area contributed by atoms with Crippen molar-refractivity contribution in [2.75, 3.05) is 47.4 Å². The lowest BCUT2D eigenvalue weighted by Crippen LogP contribution is -2.59. The number of hydrogen-bond acceptors (Lipinski definition) is 8. The van der Waals surface area contributed by atoms with Crippen LogP contribution in [0.5, 0.6) is 0 Å². The number of rotatable bonds is 13. The van der Waals surface area contributed by atoms with Crippen molar-refractivity contribution in [3.63, 3.8) is 0 Å². The minimum atomic E-state index is -1.86. The van der Waals surface area contributed by atoms with Crippen molar-refractivity contribution in [1.29, 1.82) is 0 Å². The van der Waals surface area contributed by atoms with Gasteiger partial charge in [-0.05, 0) is 24.6 Å². The highest BCUT2D eigenvalue weighted by Crippen LogP contribution is 2.44. The molecule has 214 valence electrons. The van der Waals surface area contributed by atoms with Gasteiger partial charge in [-0.3, -0.25) is 0 Å². The fraction of sp³-hybridized carbons (Fsp3) is 1.00. The highest BCUT2D eigenvalue weighted by molar-refractivity contribution is 6.74. The van der Waals surface area contributed by atoms with Crippen molar-refractivity contribution < 1.29 is 38.0 Å². The fourth-order valence-electron chi connectivity index (χ4n) is 5.09. The molecule has 1 N–H and O–H groups in total. The van der Waals surface area contributed by atoms with Crippen molar-refractivity contribution in [2.24, 2.45) is 17.8 Å². The molecule has 1 unspecified atom stereocenters. The molecule has 2 heterocycles. The van der Waals surface area contributed by atoms with Gasteiger partial charge in [0.2, 0.25) is 0 Å². The van der Waals surface area contributed by atoms with Gasteiger partial charge in [0.1, 0.15) is 6.79 Å². The van der Waals surface area contributed by atoms with E-state index in [2.05, 4.69) is 54.6 Å². The predicted molar refractivity (Wildman–Crippen MR) is 142 cm³/mol. The SMILES string of the molecule is COCCOCO[C@H]1C[C@]2(CCC(O)CO2)O[C@H]([C@@H](C)[C@@H](OC)[C@H](C)CO[Si](C)(C)C(C)(C)C)[C@@H]1C. The van der Waals surface area contributed by atoms with E-state index >= 15 is 0 Å². The minimum Gasteiger partial charge on any atom is -0.416 e. The highest BCUT2D eigenvalue weighted by atomic mass is 28.4. The zero-order valence-electron chi connectivity index (χ0n) is 24.5. The standard InChI is InChI=1S/C27H54O8Si/c1-19(16-34-36(9,10)26(4,5)6)24(30-8)21(3)25-20(2)23(32-18-31-14-13-29-7)15-27(35-25)12-11-22(28)17-33-27/h19-25,28H,11-18H2,1-10H3/t19-,20-,21+,22?,23+,24+,25+,27+/m1/s1. The molecular formula is C27H54O8Si. The maximum Gasteiger partial charge on any atom is 0.191 e. The summed E-state index contributed by atoms with van der Waals surface area (Å²) in [5.41, 5.74) is 0. The molecule has 0 aromatic carbocycles. The summed E-state index contributed by atoms with van der Waals surface area (Å²) in [6.45, 7) is 20.1. The number of aliphatic hydroxyl groups excluding tert-OH is 1. The third-order valence-corrected chi connectivity index (χ3v) is 13.0. The Bertz CT molecular complexity index is 632. The van der Waals surface area contributed by atoms with Gasteiger partial charge < -0.3 is 38.0 Å². The Labute approximate surface area is 220 Å². The quantitative estimate of drug-likeness (QED) is 0.209. The van der Waals surface area contributed by atoms with Gasteiger partial charge in [-0.15, -0.1) is 0 Å². The zero-order chi connectivity index (χ0) is 27.1. The molecule has 9 heteroatoms. The monoisotopic (exact) mass is 534 g/mol. The fourth-order valence-corrected chi connectivity index (χ4v) is 6.20. The Hall–Kier alpha value is -0.103. The molecule has 0 bridgehead atoms. The summed E-state index contributed by atoms with van der Waals surface area (Å²) < 4.78 is 42.4. The Morgan fingerprint density at radius 2 is 1.83 bits per heavy atom. The van der Waals surface area contributed by atoms with E-state index in [-0.39, 0.29) is 54.5 Å².